The summed E-state index contributed by atoms with van der Waals surface area (Å²) >= 11 is 6.00. The quantitative estimate of drug-likeness (QED) is 0.586. The summed E-state index contributed by atoms with van der Waals surface area (Å²) in [5.41, 5.74) is 1.56. The predicted octanol–water partition coefficient (Wildman–Crippen LogP) is 4.03. The van der Waals surface area contributed by atoms with Crippen molar-refractivity contribution in [3.05, 3.63) is 71.5 Å². The fourth-order valence-corrected chi connectivity index (χ4v) is 4.57. The van der Waals surface area contributed by atoms with Crippen molar-refractivity contribution in [1.82, 2.24) is 14.5 Å². The monoisotopic (exact) mass is 471 g/mol. The molecule has 1 aromatic heterocycles. The van der Waals surface area contributed by atoms with E-state index in [0.29, 0.717) is 35.1 Å². The number of sulfonamides is 1. The van der Waals surface area contributed by atoms with Gasteiger partial charge in [0.25, 0.3) is 15.9 Å². The maximum absolute atomic E-state index is 12.6. The number of amidine groups is 1. The molecule has 0 atom stereocenters. The van der Waals surface area contributed by atoms with Crippen LogP contribution in [0.5, 0.6) is 0 Å². The van der Waals surface area contributed by atoms with Gasteiger partial charge < -0.3 is 5.32 Å². The van der Waals surface area contributed by atoms with Crippen LogP contribution in [0.4, 0.5) is 5.69 Å². The minimum Gasteiger partial charge on any atom is -0.322 e. The Labute approximate surface area is 191 Å². The maximum atomic E-state index is 12.6. The fourth-order valence-electron chi connectivity index (χ4n) is 3.29. The number of aromatic nitrogens is 2. The highest BCUT2D eigenvalue weighted by Gasteiger charge is 2.17. The van der Waals surface area contributed by atoms with Gasteiger partial charge in [0, 0.05) is 29.9 Å². The molecule has 0 radical (unpaired) electrons. The van der Waals surface area contributed by atoms with Gasteiger partial charge in [-0.1, -0.05) is 24.1 Å². The van der Waals surface area contributed by atoms with Crippen LogP contribution in [0, 0.1) is 0 Å². The summed E-state index contributed by atoms with van der Waals surface area (Å²) in [5, 5.41) is 7.51. The number of amides is 1. The highest BCUT2D eigenvalue weighted by Crippen LogP contribution is 2.18. The Hall–Kier alpha value is -3.17. The molecular formula is C22H22ClN5O3S. The first kappa shape index (κ1) is 22.0. The molecule has 166 valence electrons. The minimum atomic E-state index is -3.72. The normalized spacial score (nSPS) is 14.3. The summed E-state index contributed by atoms with van der Waals surface area (Å²) in [5.74, 6) is 0.136. The van der Waals surface area contributed by atoms with Crippen LogP contribution in [-0.4, -0.2) is 36.5 Å². The SMILES string of the molecule is O=C(Nc1ccc(S(=O)(=O)NC2=NCCCCC2)cc1)c1cnn(-c2cccc(Cl)c2)c1. The molecule has 2 N–H and O–H groups in total. The topological polar surface area (TPSA) is 105 Å². The smallest absolute Gasteiger partial charge is 0.262 e. The number of benzene rings is 2. The van der Waals surface area contributed by atoms with E-state index in [2.05, 4.69) is 20.1 Å². The molecule has 32 heavy (non-hydrogen) atoms. The molecule has 0 aliphatic carbocycles. The fraction of sp³-hybridized carbons (Fsp3) is 0.227. The third-order valence-electron chi connectivity index (χ3n) is 4.97. The van der Waals surface area contributed by atoms with Gasteiger partial charge in [0.15, 0.2) is 0 Å². The second-order valence-corrected chi connectivity index (χ2v) is 9.50. The van der Waals surface area contributed by atoms with Crippen molar-refractivity contribution in [2.75, 3.05) is 11.9 Å². The first-order valence-electron chi connectivity index (χ1n) is 10.2. The molecular weight excluding hydrogens is 450 g/mol. The lowest BCUT2D eigenvalue weighted by Crippen LogP contribution is -2.30. The Morgan fingerprint density at radius 1 is 1.06 bits per heavy atom. The zero-order chi connectivity index (χ0) is 22.6. The summed E-state index contributed by atoms with van der Waals surface area (Å²) in [4.78, 5) is 17.0. The van der Waals surface area contributed by atoms with Crippen molar-refractivity contribution < 1.29 is 13.2 Å². The van der Waals surface area contributed by atoms with Gasteiger partial charge in [-0.2, -0.15) is 5.10 Å². The molecule has 0 saturated heterocycles. The number of nitrogens with one attached hydrogen (secondary N) is 2. The maximum Gasteiger partial charge on any atom is 0.262 e. The molecule has 0 spiro atoms. The Morgan fingerprint density at radius 2 is 1.88 bits per heavy atom. The number of hydrogen-bond acceptors (Lipinski definition) is 5. The lowest BCUT2D eigenvalue weighted by molar-refractivity contribution is 0.102. The van der Waals surface area contributed by atoms with Crippen molar-refractivity contribution >= 4 is 39.1 Å². The van der Waals surface area contributed by atoms with Crippen LogP contribution in [0.25, 0.3) is 5.69 Å². The average Bonchev–Trinajstić information content (AvgIpc) is 3.14. The number of hydrogen-bond donors (Lipinski definition) is 2. The largest absolute Gasteiger partial charge is 0.322 e. The van der Waals surface area contributed by atoms with Gasteiger partial charge >= 0.3 is 0 Å². The van der Waals surface area contributed by atoms with Crippen molar-refractivity contribution in [2.45, 2.75) is 30.6 Å². The van der Waals surface area contributed by atoms with Gasteiger partial charge in [-0.15, -0.1) is 0 Å². The molecule has 8 nitrogen and oxygen atoms in total. The number of carbonyl (C=O) groups excluding carboxylic acids is 1. The van der Waals surface area contributed by atoms with E-state index >= 15 is 0 Å². The molecule has 2 aromatic carbocycles. The first-order chi connectivity index (χ1) is 15.4. The van der Waals surface area contributed by atoms with Crippen molar-refractivity contribution in [2.24, 2.45) is 4.99 Å². The molecule has 1 aliphatic heterocycles. The van der Waals surface area contributed by atoms with Crippen LogP contribution < -0.4 is 10.0 Å². The number of rotatable bonds is 5. The Balaban J connectivity index is 1.42. The van der Waals surface area contributed by atoms with Gasteiger partial charge in [-0.3, -0.25) is 14.5 Å². The van der Waals surface area contributed by atoms with Gasteiger partial charge in [-0.05, 0) is 55.3 Å². The number of halogens is 1. The van der Waals surface area contributed by atoms with Crippen LogP contribution in [0.3, 0.4) is 0 Å². The summed E-state index contributed by atoms with van der Waals surface area (Å²) in [6, 6.07) is 13.1. The van der Waals surface area contributed by atoms with E-state index in [-0.39, 0.29) is 10.8 Å². The molecule has 4 rings (SSSR count). The lowest BCUT2D eigenvalue weighted by atomic mass is 10.2. The standard InChI is InChI=1S/C22H22ClN5O3S/c23-17-5-4-6-19(13-17)28-15-16(14-25-28)22(29)26-18-8-10-20(11-9-18)32(30,31)27-21-7-2-1-3-12-24-21/h4-6,8-11,13-15H,1-3,7,12H2,(H,24,27)(H,26,29). The highest BCUT2D eigenvalue weighted by atomic mass is 35.5. The molecule has 0 bridgehead atoms. The summed E-state index contributed by atoms with van der Waals surface area (Å²) in [6.07, 6.45) is 6.60. The zero-order valence-corrected chi connectivity index (χ0v) is 18.7. The van der Waals surface area contributed by atoms with Gasteiger partial charge in [-0.25, -0.2) is 13.1 Å². The van der Waals surface area contributed by atoms with Gasteiger partial charge in [0.2, 0.25) is 0 Å². The van der Waals surface area contributed by atoms with Crippen LogP contribution in [-0.2, 0) is 10.0 Å². The van der Waals surface area contributed by atoms with Crippen molar-refractivity contribution in [1.29, 1.82) is 0 Å². The van der Waals surface area contributed by atoms with Gasteiger partial charge in [0.05, 0.1) is 22.3 Å². The molecule has 0 saturated carbocycles. The van der Waals surface area contributed by atoms with E-state index in [4.69, 9.17) is 11.6 Å². The molecule has 10 heteroatoms. The molecule has 0 fully saturated rings. The second kappa shape index (κ2) is 9.54. The van der Waals surface area contributed by atoms with E-state index in [1.165, 1.54) is 18.3 Å². The molecule has 2 heterocycles. The van der Waals surface area contributed by atoms with Crippen LogP contribution in [0.1, 0.15) is 36.0 Å². The number of carbonyl (C=O) groups is 1. The van der Waals surface area contributed by atoms with Crippen LogP contribution in [0.2, 0.25) is 5.02 Å². The third kappa shape index (κ3) is 5.35. The number of anilines is 1. The van der Waals surface area contributed by atoms with Crippen molar-refractivity contribution in [3.8, 4) is 5.69 Å². The van der Waals surface area contributed by atoms with Crippen LogP contribution >= 0.6 is 11.6 Å². The van der Waals surface area contributed by atoms with Crippen molar-refractivity contribution in [3.63, 3.8) is 0 Å². The Bertz CT molecular complexity index is 1250. The Morgan fingerprint density at radius 3 is 2.66 bits per heavy atom. The van der Waals surface area contributed by atoms with E-state index < -0.39 is 10.0 Å². The summed E-state index contributed by atoms with van der Waals surface area (Å²) in [7, 11) is -3.72. The molecule has 0 unspecified atom stereocenters. The first-order valence-corrected chi connectivity index (χ1v) is 12.0. The number of aliphatic imine (C=N–C) groups is 1. The zero-order valence-electron chi connectivity index (χ0n) is 17.2. The minimum absolute atomic E-state index is 0.108. The van der Waals surface area contributed by atoms with E-state index in [1.807, 2.05) is 6.07 Å². The predicted molar refractivity (Wildman–Crippen MR) is 124 cm³/mol. The average molecular weight is 472 g/mol. The lowest BCUT2D eigenvalue weighted by Gasteiger charge is -2.10. The molecule has 1 amide bonds. The van der Waals surface area contributed by atoms with E-state index in [9.17, 15) is 13.2 Å². The van der Waals surface area contributed by atoms with E-state index in [0.717, 1.165) is 24.9 Å². The van der Waals surface area contributed by atoms with Crippen LogP contribution in [0.15, 0.2) is 70.8 Å². The number of nitrogens with zero attached hydrogens (tertiary/aromatic N) is 3. The molecule has 3 aromatic rings. The van der Waals surface area contributed by atoms with E-state index in [1.54, 1.807) is 41.2 Å². The van der Waals surface area contributed by atoms with Gasteiger partial charge in [0.1, 0.15) is 5.84 Å². The summed E-state index contributed by atoms with van der Waals surface area (Å²) in [6.45, 7) is 0.636. The second-order valence-electron chi connectivity index (χ2n) is 7.38. The third-order valence-corrected chi connectivity index (χ3v) is 6.60. The molecule has 1 aliphatic rings. The summed E-state index contributed by atoms with van der Waals surface area (Å²) < 4.78 is 29.4. The Kier molecular flexibility index (Phi) is 6.57. The highest BCUT2D eigenvalue weighted by molar-refractivity contribution is 7.90.